The summed E-state index contributed by atoms with van der Waals surface area (Å²) in [6.07, 6.45) is 0. The molecule has 1 unspecified atom stereocenters. The molecule has 1 aromatic rings. The van der Waals surface area contributed by atoms with E-state index in [4.69, 9.17) is 15.1 Å². The lowest BCUT2D eigenvalue weighted by molar-refractivity contribution is 0.174. The molecule has 0 aliphatic rings. The summed E-state index contributed by atoms with van der Waals surface area (Å²) in [5, 5.41) is 17.4. The van der Waals surface area contributed by atoms with Crippen LogP contribution in [0.3, 0.4) is 0 Å². The monoisotopic (exact) mass is 191 g/mol. The molecule has 1 aromatic carbocycles. The van der Waals surface area contributed by atoms with Crippen LogP contribution in [0.5, 0.6) is 5.75 Å². The second-order valence-electron chi connectivity index (χ2n) is 3.24. The van der Waals surface area contributed by atoms with E-state index in [1.54, 1.807) is 24.3 Å². The standard InChI is InChI=1S/C11H13NO2/c1-9(7-13)8-14-11-4-2-3-10(5-11)6-12/h2-5,9,13H,7-8H2,1H3. The Balaban J connectivity index is 2.55. The lowest BCUT2D eigenvalue weighted by Gasteiger charge is -2.10. The van der Waals surface area contributed by atoms with Crippen LogP contribution in [0.15, 0.2) is 24.3 Å². The maximum absolute atomic E-state index is 8.78. The number of nitrogens with zero attached hydrogens (tertiary/aromatic N) is 1. The number of nitriles is 1. The summed E-state index contributed by atoms with van der Waals surface area (Å²) in [5.74, 6) is 0.782. The van der Waals surface area contributed by atoms with Crippen LogP contribution in [0.2, 0.25) is 0 Å². The molecule has 3 heteroatoms. The van der Waals surface area contributed by atoms with E-state index in [0.29, 0.717) is 17.9 Å². The van der Waals surface area contributed by atoms with E-state index < -0.39 is 0 Å². The predicted octanol–water partition coefficient (Wildman–Crippen LogP) is 1.57. The highest BCUT2D eigenvalue weighted by Crippen LogP contribution is 2.13. The highest BCUT2D eigenvalue weighted by molar-refractivity contribution is 5.36. The molecule has 1 rings (SSSR count). The molecule has 0 amide bonds. The van der Waals surface area contributed by atoms with Crippen molar-refractivity contribution in [3.63, 3.8) is 0 Å². The molecule has 1 N–H and O–H groups in total. The van der Waals surface area contributed by atoms with E-state index in [0.717, 1.165) is 0 Å². The van der Waals surface area contributed by atoms with Gasteiger partial charge in [-0.2, -0.15) is 5.26 Å². The molecule has 0 bridgehead atoms. The molecule has 0 spiro atoms. The lowest BCUT2D eigenvalue weighted by atomic mass is 10.2. The summed E-state index contributed by atoms with van der Waals surface area (Å²) < 4.78 is 5.39. The number of rotatable bonds is 4. The Kier molecular flexibility index (Phi) is 3.96. The molecule has 14 heavy (non-hydrogen) atoms. The molecule has 0 heterocycles. The van der Waals surface area contributed by atoms with Gasteiger partial charge in [-0.25, -0.2) is 0 Å². The summed E-state index contributed by atoms with van der Waals surface area (Å²) in [4.78, 5) is 0. The van der Waals surface area contributed by atoms with Crippen molar-refractivity contribution < 1.29 is 9.84 Å². The van der Waals surface area contributed by atoms with Gasteiger partial charge in [0, 0.05) is 12.5 Å². The first-order chi connectivity index (χ1) is 6.76. The first kappa shape index (κ1) is 10.6. The van der Waals surface area contributed by atoms with Crippen molar-refractivity contribution in [2.45, 2.75) is 6.92 Å². The van der Waals surface area contributed by atoms with Gasteiger partial charge in [-0.05, 0) is 18.2 Å². The zero-order chi connectivity index (χ0) is 10.4. The van der Waals surface area contributed by atoms with E-state index in [1.165, 1.54) is 0 Å². The largest absolute Gasteiger partial charge is 0.493 e. The number of hydrogen-bond acceptors (Lipinski definition) is 3. The van der Waals surface area contributed by atoms with E-state index in [1.807, 2.05) is 13.0 Å². The summed E-state index contributed by atoms with van der Waals surface area (Å²) in [6, 6.07) is 9.02. The van der Waals surface area contributed by atoms with Gasteiger partial charge >= 0.3 is 0 Å². The topological polar surface area (TPSA) is 53.2 Å². The molecular formula is C11H13NO2. The molecule has 0 aromatic heterocycles. The highest BCUT2D eigenvalue weighted by Gasteiger charge is 2.01. The average Bonchev–Trinajstić information content (AvgIpc) is 2.26. The normalized spacial score (nSPS) is 11.8. The second kappa shape index (κ2) is 5.25. The van der Waals surface area contributed by atoms with Gasteiger partial charge in [0.2, 0.25) is 0 Å². The van der Waals surface area contributed by atoms with Gasteiger partial charge in [0.05, 0.1) is 18.2 Å². The van der Waals surface area contributed by atoms with Gasteiger partial charge in [0.15, 0.2) is 0 Å². The number of ether oxygens (including phenoxy) is 1. The molecular weight excluding hydrogens is 178 g/mol. The Bertz CT molecular complexity index is 330. The summed E-state index contributed by atoms with van der Waals surface area (Å²) >= 11 is 0. The minimum atomic E-state index is 0.109. The van der Waals surface area contributed by atoms with Crippen molar-refractivity contribution in [2.24, 2.45) is 5.92 Å². The van der Waals surface area contributed by atoms with Crippen LogP contribution in [0, 0.1) is 17.2 Å². The fraction of sp³-hybridized carbons (Fsp3) is 0.364. The van der Waals surface area contributed by atoms with Crippen LogP contribution in [-0.2, 0) is 0 Å². The number of hydrogen-bond donors (Lipinski definition) is 1. The molecule has 0 aliphatic carbocycles. The van der Waals surface area contributed by atoms with Crippen molar-refractivity contribution in [2.75, 3.05) is 13.2 Å². The van der Waals surface area contributed by atoms with Crippen LogP contribution < -0.4 is 4.74 Å². The van der Waals surface area contributed by atoms with E-state index >= 15 is 0 Å². The van der Waals surface area contributed by atoms with Crippen molar-refractivity contribution >= 4 is 0 Å². The Hall–Kier alpha value is -1.53. The van der Waals surface area contributed by atoms with Crippen LogP contribution in [0.1, 0.15) is 12.5 Å². The number of aliphatic hydroxyl groups excluding tert-OH is 1. The van der Waals surface area contributed by atoms with Gasteiger partial charge in [0.1, 0.15) is 5.75 Å². The van der Waals surface area contributed by atoms with Crippen molar-refractivity contribution in [3.8, 4) is 11.8 Å². The Labute approximate surface area is 83.6 Å². The smallest absolute Gasteiger partial charge is 0.120 e. The molecule has 0 saturated heterocycles. The molecule has 74 valence electrons. The summed E-state index contributed by atoms with van der Waals surface area (Å²) in [7, 11) is 0. The number of aliphatic hydroxyl groups is 1. The first-order valence-electron chi connectivity index (χ1n) is 4.50. The zero-order valence-electron chi connectivity index (χ0n) is 8.10. The Morgan fingerprint density at radius 2 is 2.36 bits per heavy atom. The fourth-order valence-electron chi connectivity index (χ4n) is 0.947. The van der Waals surface area contributed by atoms with Gasteiger partial charge < -0.3 is 9.84 Å². The van der Waals surface area contributed by atoms with Gasteiger partial charge in [-0.1, -0.05) is 13.0 Å². The van der Waals surface area contributed by atoms with Gasteiger partial charge in [-0.3, -0.25) is 0 Å². The fourth-order valence-corrected chi connectivity index (χ4v) is 0.947. The number of benzene rings is 1. The lowest BCUT2D eigenvalue weighted by Crippen LogP contribution is -2.12. The second-order valence-corrected chi connectivity index (χ2v) is 3.24. The van der Waals surface area contributed by atoms with Crippen LogP contribution in [0.4, 0.5) is 0 Å². The van der Waals surface area contributed by atoms with Crippen molar-refractivity contribution in [3.05, 3.63) is 29.8 Å². The minimum absolute atomic E-state index is 0.109. The van der Waals surface area contributed by atoms with E-state index in [2.05, 4.69) is 0 Å². The van der Waals surface area contributed by atoms with Crippen LogP contribution in [0.25, 0.3) is 0 Å². The molecule has 0 aliphatic heterocycles. The van der Waals surface area contributed by atoms with Gasteiger partial charge in [0.25, 0.3) is 0 Å². The Morgan fingerprint density at radius 3 is 3.00 bits per heavy atom. The third-order valence-corrected chi connectivity index (χ3v) is 1.81. The van der Waals surface area contributed by atoms with Gasteiger partial charge in [-0.15, -0.1) is 0 Å². The van der Waals surface area contributed by atoms with E-state index in [-0.39, 0.29) is 12.5 Å². The zero-order valence-corrected chi connectivity index (χ0v) is 8.10. The maximum Gasteiger partial charge on any atom is 0.120 e. The average molecular weight is 191 g/mol. The summed E-state index contributed by atoms with van der Waals surface area (Å²) in [5.41, 5.74) is 0.583. The van der Waals surface area contributed by atoms with Crippen molar-refractivity contribution in [1.29, 1.82) is 5.26 Å². The minimum Gasteiger partial charge on any atom is -0.493 e. The van der Waals surface area contributed by atoms with Crippen LogP contribution in [-0.4, -0.2) is 18.3 Å². The third-order valence-electron chi connectivity index (χ3n) is 1.81. The molecule has 0 fully saturated rings. The third kappa shape index (κ3) is 3.08. The molecule has 0 radical (unpaired) electrons. The Morgan fingerprint density at radius 1 is 1.57 bits per heavy atom. The molecule has 1 atom stereocenters. The summed E-state index contributed by atoms with van der Waals surface area (Å²) in [6.45, 7) is 2.47. The predicted molar refractivity (Wildman–Crippen MR) is 52.9 cm³/mol. The highest BCUT2D eigenvalue weighted by atomic mass is 16.5. The maximum atomic E-state index is 8.78. The van der Waals surface area contributed by atoms with E-state index in [9.17, 15) is 0 Å². The molecule has 3 nitrogen and oxygen atoms in total. The SMILES string of the molecule is CC(CO)COc1cccc(C#N)c1. The quantitative estimate of drug-likeness (QED) is 0.785. The van der Waals surface area contributed by atoms with Crippen molar-refractivity contribution in [1.82, 2.24) is 0 Å². The first-order valence-corrected chi connectivity index (χ1v) is 4.50. The van der Waals surface area contributed by atoms with Crippen LogP contribution >= 0.6 is 0 Å². The molecule has 0 saturated carbocycles.